The molecule has 1 saturated heterocycles. The Balaban J connectivity index is 1.34. The highest BCUT2D eigenvalue weighted by molar-refractivity contribution is 7.12. The zero-order valence-electron chi connectivity index (χ0n) is 13.4. The summed E-state index contributed by atoms with van der Waals surface area (Å²) < 4.78 is 0. The number of thiophene rings is 1. The number of rotatable bonds is 6. The van der Waals surface area contributed by atoms with E-state index >= 15 is 0 Å². The summed E-state index contributed by atoms with van der Waals surface area (Å²) in [7, 11) is 0. The minimum absolute atomic E-state index is 0.0755. The fourth-order valence-corrected chi connectivity index (χ4v) is 3.72. The first kappa shape index (κ1) is 16.2. The number of amides is 1. The van der Waals surface area contributed by atoms with Gasteiger partial charge in [0.05, 0.1) is 4.88 Å². The number of carbonyl (C=O) groups excluding carboxylic acids is 1. The number of nitrogens with zero attached hydrogens (tertiary/aromatic N) is 1. The minimum atomic E-state index is 0.0755. The molecule has 1 aliphatic heterocycles. The first-order chi connectivity index (χ1) is 11.3. The summed E-state index contributed by atoms with van der Waals surface area (Å²) >= 11 is 1.50. The van der Waals surface area contributed by atoms with E-state index in [9.17, 15) is 4.79 Å². The quantitative estimate of drug-likeness (QED) is 0.881. The molecule has 23 heavy (non-hydrogen) atoms. The molecule has 4 heteroatoms. The lowest BCUT2D eigenvalue weighted by molar-refractivity contribution is 0.0940. The molecular formula is C19H24N2OS. The zero-order valence-corrected chi connectivity index (χ0v) is 14.2. The molecule has 0 bridgehead atoms. The van der Waals surface area contributed by atoms with Crippen LogP contribution >= 0.6 is 11.3 Å². The monoisotopic (exact) mass is 328 g/mol. The second-order valence-electron chi connectivity index (χ2n) is 6.21. The van der Waals surface area contributed by atoms with E-state index in [1.807, 2.05) is 17.5 Å². The fourth-order valence-electron chi connectivity index (χ4n) is 3.08. The fraction of sp³-hybridized carbons (Fsp3) is 0.421. The highest BCUT2D eigenvalue weighted by Crippen LogP contribution is 2.17. The summed E-state index contributed by atoms with van der Waals surface area (Å²) in [5.74, 6) is 0.693. The van der Waals surface area contributed by atoms with Crippen LogP contribution in [0.1, 0.15) is 28.1 Å². The van der Waals surface area contributed by atoms with Crippen LogP contribution in [-0.4, -0.2) is 37.0 Å². The average molecular weight is 328 g/mol. The molecular weight excluding hydrogens is 304 g/mol. The third kappa shape index (κ3) is 4.91. The van der Waals surface area contributed by atoms with Crippen LogP contribution in [0.5, 0.6) is 0 Å². The third-order valence-corrected chi connectivity index (χ3v) is 5.43. The topological polar surface area (TPSA) is 32.3 Å². The van der Waals surface area contributed by atoms with E-state index in [-0.39, 0.29) is 5.91 Å². The summed E-state index contributed by atoms with van der Waals surface area (Å²) in [5, 5.41) is 5.02. The summed E-state index contributed by atoms with van der Waals surface area (Å²) in [6.07, 6.45) is 3.49. The van der Waals surface area contributed by atoms with Crippen LogP contribution in [0.25, 0.3) is 0 Å². The summed E-state index contributed by atoms with van der Waals surface area (Å²) in [6, 6.07) is 14.5. The van der Waals surface area contributed by atoms with Gasteiger partial charge in [-0.2, -0.15) is 0 Å². The van der Waals surface area contributed by atoms with E-state index in [0.717, 1.165) is 37.5 Å². The maximum atomic E-state index is 12.0. The van der Waals surface area contributed by atoms with Gasteiger partial charge in [0.2, 0.25) is 0 Å². The largest absolute Gasteiger partial charge is 0.351 e. The lowest BCUT2D eigenvalue weighted by Gasteiger charge is -2.32. The average Bonchev–Trinajstić information content (AvgIpc) is 3.14. The molecule has 2 aromatic rings. The summed E-state index contributed by atoms with van der Waals surface area (Å²) in [4.78, 5) is 15.3. The number of nitrogens with one attached hydrogen (secondary N) is 1. The van der Waals surface area contributed by atoms with Gasteiger partial charge in [-0.3, -0.25) is 4.79 Å². The normalized spacial score (nSPS) is 16.3. The molecule has 1 aliphatic rings. The predicted octanol–water partition coefficient (Wildman–Crippen LogP) is 3.43. The molecule has 0 aliphatic carbocycles. The molecule has 1 aromatic carbocycles. The van der Waals surface area contributed by atoms with E-state index in [0.29, 0.717) is 5.92 Å². The van der Waals surface area contributed by atoms with Crippen molar-refractivity contribution in [2.45, 2.75) is 19.3 Å². The third-order valence-electron chi connectivity index (χ3n) is 4.56. The standard InChI is InChI=1S/C19H24N2OS/c22-19(18-7-4-14-23-18)20-15-17-9-12-21(13-10-17)11-8-16-5-2-1-3-6-16/h1-7,14,17H,8-13,15H2,(H,20,22). The van der Waals surface area contributed by atoms with Crippen molar-refractivity contribution < 1.29 is 4.79 Å². The second-order valence-corrected chi connectivity index (χ2v) is 7.16. The summed E-state index contributed by atoms with van der Waals surface area (Å²) in [5.41, 5.74) is 1.41. The van der Waals surface area contributed by atoms with Gasteiger partial charge in [-0.25, -0.2) is 0 Å². The molecule has 3 nitrogen and oxygen atoms in total. The van der Waals surface area contributed by atoms with Crippen LogP contribution in [0.4, 0.5) is 0 Å². The van der Waals surface area contributed by atoms with Crippen LogP contribution in [0.2, 0.25) is 0 Å². The molecule has 1 amide bonds. The first-order valence-electron chi connectivity index (χ1n) is 8.39. The number of benzene rings is 1. The lowest BCUT2D eigenvalue weighted by atomic mass is 9.96. The first-order valence-corrected chi connectivity index (χ1v) is 9.27. The van der Waals surface area contributed by atoms with Crippen LogP contribution in [0, 0.1) is 5.92 Å². The van der Waals surface area contributed by atoms with Crippen molar-refractivity contribution in [2.24, 2.45) is 5.92 Å². The molecule has 0 spiro atoms. The van der Waals surface area contributed by atoms with Crippen LogP contribution in [0.15, 0.2) is 47.8 Å². The van der Waals surface area contributed by atoms with Crippen molar-refractivity contribution in [3.63, 3.8) is 0 Å². The van der Waals surface area contributed by atoms with Crippen molar-refractivity contribution in [1.29, 1.82) is 0 Å². The molecule has 0 atom stereocenters. The van der Waals surface area contributed by atoms with Gasteiger partial charge >= 0.3 is 0 Å². The summed E-state index contributed by atoms with van der Waals surface area (Å²) in [6.45, 7) is 4.24. The Hall–Kier alpha value is -1.65. The lowest BCUT2D eigenvalue weighted by Crippen LogP contribution is -2.39. The minimum Gasteiger partial charge on any atom is -0.351 e. The van der Waals surface area contributed by atoms with Gasteiger partial charge in [-0.1, -0.05) is 36.4 Å². The number of hydrogen-bond acceptors (Lipinski definition) is 3. The predicted molar refractivity (Wildman–Crippen MR) is 96.0 cm³/mol. The van der Waals surface area contributed by atoms with Gasteiger partial charge in [0.1, 0.15) is 0 Å². The van der Waals surface area contributed by atoms with Crippen molar-refractivity contribution in [3.05, 3.63) is 58.3 Å². The van der Waals surface area contributed by atoms with Gasteiger partial charge in [0, 0.05) is 13.1 Å². The molecule has 0 unspecified atom stereocenters. The molecule has 0 saturated carbocycles. The number of likely N-dealkylation sites (tertiary alicyclic amines) is 1. The zero-order chi connectivity index (χ0) is 15.9. The van der Waals surface area contributed by atoms with Crippen molar-refractivity contribution >= 4 is 17.2 Å². The molecule has 2 heterocycles. The Morgan fingerprint density at radius 3 is 2.61 bits per heavy atom. The van der Waals surface area contributed by atoms with Gasteiger partial charge < -0.3 is 10.2 Å². The van der Waals surface area contributed by atoms with E-state index in [4.69, 9.17) is 0 Å². The van der Waals surface area contributed by atoms with E-state index in [1.165, 1.54) is 29.7 Å². The second kappa shape index (κ2) is 8.27. The Kier molecular flexibility index (Phi) is 5.83. The van der Waals surface area contributed by atoms with Crippen LogP contribution in [0.3, 0.4) is 0 Å². The van der Waals surface area contributed by atoms with E-state index < -0.39 is 0 Å². The van der Waals surface area contributed by atoms with Crippen molar-refractivity contribution in [1.82, 2.24) is 10.2 Å². The molecule has 1 fully saturated rings. The Morgan fingerprint density at radius 2 is 1.91 bits per heavy atom. The number of piperidine rings is 1. The SMILES string of the molecule is O=C(NCC1CCN(CCc2ccccc2)CC1)c1cccs1. The van der Waals surface area contributed by atoms with Crippen molar-refractivity contribution in [3.8, 4) is 0 Å². The van der Waals surface area contributed by atoms with E-state index in [2.05, 4.69) is 40.5 Å². The number of carbonyl (C=O) groups is 1. The number of hydrogen-bond donors (Lipinski definition) is 1. The van der Waals surface area contributed by atoms with Crippen molar-refractivity contribution in [2.75, 3.05) is 26.2 Å². The van der Waals surface area contributed by atoms with Gasteiger partial charge in [-0.15, -0.1) is 11.3 Å². The smallest absolute Gasteiger partial charge is 0.261 e. The Morgan fingerprint density at radius 1 is 1.13 bits per heavy atom. The van der Waals surface area contributed by atoms with E-state index in [1.54, 1.807) is 0 Å². The maximum absolute atomic E-state index is 12.0. The Labute approximate surface area is 142 Å². The Bertz CT molecular complexity index is 589. The molecule has 3 rings (SSSR count). The highest BCUT2D eigenvalue weighted by atomic mass is 32.1. The van der Waals surface area contributed by atoms with Crippen LogP contribution in [-0.2, 0) is 6.42 Å². The molecule has 0 radical (unpaired) electrons. The maximum Gasteiger partial charge on any atom is 0.261 e. The molecule has 122 valence electrons. The molecule has 1 aromatic heterocycles. The molecule has 1 N–H and O–H groups in total. The van der Waals surface area contributed by atoms with Gasteiger partial charge in [0.15, 0.2) is 0 Å². The highest BCUT2D eigenvalue weighted by Gasteiger charge is 2.19. The van der Waals surface area contributed by atoms with Gasteiger partial charge in [0.25, 0.3) is 5.91 Å². The van der Waals surface area contributed by atoms with Crippen LogP contribution < -0.4 is 5.32 Å². The van der Waals surface area contributed by atoms with Gasteiger partial charge in [-0.05, 0) is 55.3 Å².